The maximum Gasteiger partial charge on any atom is 0.108 e. The number of pyridine rings is 1. The molecule has 130 valence electrons. The van der Waals surface area contributed by atoms with E-state index in [0.29, 0.717) is 6.04 Å². The third kappa shape index (κ3) is 3.31. The van der Waals surface area contributed by atoms with Gasteiger partial charge in [-0.3, -0.25) is 4.98 Å². The molecule has 0 amide bonds. The molecule has 2 aromatic heterocycles. The fourth-order valence-electron chi connectivity index (χ4n) is 3.91. The summed E-state index contributed by atoms with van der Waals surface area (Å²) < 4.78 is 0. The zero-order valence-electron chi connectivity index (χ0n) is 15.3. The number of aromatic nitrogens is 3. The van der Waals surface area contributed by atoms with Crippen LogP contribution in [0.4, 0.5) is 0 Å². The monoisotopic (exact) mass is 334 g/mol. The summed E-state index contributed by atoms with van der Waals surface area (Å²) in [5.41, 5.74) is 6.65. The maximum absolute atomic E-state index is 4.83. The first-order chi connectivity index (χ1) is 12.1. The van der Waals surface area contributed by atoms with Crippen molar-refractivity contribution in [2.24, 2.45) is 0 Å². The average molecular weight is 334 g/mol. The second kappa shape index (κ2) is 6.60. The first kappa shape index (κ1) is 16.3. The fourth-order valence-corrected chi connectivity index (χ4v) is 3.91. The van der Waals surface area contributed by atoms with Crippen LogP contribution in [-0.4, -0.2) is 39.0 Å². The minimum Gasteiger partial charge on any atom is -0.342 e. The molecule has 0 radical (unpaired) electrons. The van der Waals surface area contributed by atoms with Gasteiger partial charge >= 0.3 is 0 Å². The number of rotatable bonds is 4. The van der Waals surface area contributed by atoms with Crippen molar-refractivity contribution in [3.8, 4) is 11.1 Å². The number of hydrogen-bond donors (Lipinski definition) is 1. The molecule has 1 saturated heterocycles. The molecule has 1 N–H and O–H groups in total. The van der Waals surface area contributed by atoms with Crippen molar-refractivity contribution in [1.29, 1.82) is 0 Å². The number of nitrogens with one attached hydrogen (secondary N) is 1. The van der Waals surface area contributed by atoms with E-state index in [-0.39, 0.29) is 0 Å². The van der Waals surface area contributed by atoms with Crippen LogP contribution in [0.3, 0.4) is 0 Å². The summed E-state index contributed by atoms with van der Waals surface area (Å²) in [6.45, 7) is 8.75. The highest BCUT2D eigenvalue weighted by atomic mass is 15.2. The van der Waals surface area contributed by atoms with Crippen LogP contribution < -0.4 is 0 Å². The van der Waals surface area contributed by atoms with E-state index in [2.05, 4.69) is 59.0 Å². The molecule has 25 heavy (non-hydrogen) atoms. The Kier molecular flexibility index (Phi) is 4.30. The van der Waals surface area contributed by atoms with Crippen LogP contribution in [0.15, 0.2) is 30.3 Å². The highest BCUT2D eigenvalue weighted by molar-refractivity contribution is 5.82. The molecule has 0 saturated carbocycles. The molecule has 4 heteroatoms. The van der Waals surface area contributed by atoms with Crippen LogP contribution in [-0.2, 0) is 6.42 Å². The van der Waals surface area contributed by atoms with Gasteiger partial charge in [0.1, 0.15) is 5.82 Å². The average Bonchev–Trinajstić information content (AvgIpc) is 3.17. The van der Waals surface area contributed by atoms with Gasteiger partial charge in [-0.25, -0.2) is 4.98 Å². The highest BCUT2D eigenvalue weighted by Crippen LogP contribution is 2.26. The minimum atomic E-state index is 0.716. The number of fused-ring (bicyclic) bond motifs is 1. The lowest BCUT2D eigenvalue weighted by Crippen LogP contribution is -2.29. The fraction of sp³-hybridized carbons (Fsp3) is 0.429. The van der Waals surface area contributed by atoms with Crippen molar-refractivity contribution in [1.82, 2.24) is 19.9 Å². The molecular formula is C21H26N4. The molecule has 1 aliphatic heterocycles. The van der Waals surface area contributed by atoms with Gasteiger partial charge in [-0.2, -0.15) is 0 Å². The Labute approximate surface area is 149 Å². The summed E-state index contributed by atoms with van der Waals surface area (Å²) in [6.07, 6.45) is 3.64. The van der Waals surface area contributed by atoms with E-state index in [1.165, 1.54) is 30.5 Å². The number of H-pyrrole nitrogens is 1. The van der Waals surface area contributed by atoms with Crippen LogP contribution in [0.2, 0.25) is 0 Å². The molecule has 0 spiro atoms. The quantitative estimate of drug-likeness (QED) is 0.775. The second-order valence-corrected chi connectivity index (χ2v) is 7.28. The lowest BCUT2D eigenvalue weighted by molar-refractivity contribution is 0.271. The largest absolute Gasteiger partial charge is 0.342 e. The lowest BCUT2D eigenvalue weighted by atomic mass is 10.0. The molecule has 0 unspecified atom stereocenters. The number of aromatic amines is 1. The summed E-state index contributed by atoms with van der Waals surface area (Å²) in [5, 5.41) is 0. The van der Waals surface area contributed by atoms with Gasteiger partial charge in [-0.05, 0) is 63.9 Å². The Morgan fingerprint density at radius 2 is 2.04 bits per heavy atom. The SMILES string of the molecule is Cc1ccc(-c2ccc3[nH]c(CCN4CCC[C@H]4C)nc3c2)c(C)n1. The van der Waals surface area contributed by atoms with Gasteiger partial charge in [0, 0.05) is 36.0 Å². The zero-order valence-corrected chi connectivity index (χ0v) is 15.3. The van der Waals surface area contributed by atoms with Crippen LogP contribution in [0.1, 0.15) is 37.0 Å². The van der Waals surface area contributed by atoms with E-state index < -0.39 is 0 Å². The minimum absolute atomic E-state index is 0.716. The van der Waals surface area contributed by atoms with E-state index in [0.717, 1.165) is 41.2 Å². The Bertz CT molecular complexity index is 896. The first-order valence-electron chi connectivity index (χ1n) is 9.27. The van der Waals surface area contributed by atoms with Gasteiger partial charge in [0.25, 0.3) is 0 Å². The summed E-state index contributed by atoms with van der Waals surface area (Å²) in [7, 11) is 0. The number of hydrogen-bond acceptors (Lipinski definition) is 3. The Hall–Kier alpha value is -2.20. The van der Waals surface area contributed by atoms with Crippen molar-refractivity contribution in [2.75, 3.05) is 13.1 Å². The van der Waals surface area contributed by atoms with Crippen molar-refractivity contribution >= 4 is 11.0 Å². The first-order valence-corrected chi connectivity index (χ1v) is 9.27. The number of imidazole rings is 1. The maximum atomic E-state index is 4.83. The number of aryl methyl sites for hydroxylation is 2. The van der Waals surface area contributed by atoms with Gasteiger partial charge in [-0.1, -0.05) is 12.1 Å². The molecule has 3 aromatic rings. The Morgan fingerprint density at radius 3 is 2.80 bits per heavy atom. The smallest absolute Gasteiger partial charge is 0.108 e. The normalized spacial score (nSPS) is 18.3. The van der Waals surface area contributed by atoms with Crippen molar-refractivity contribution in [3.05, 3.63) is 47.5 Å². The van der Waals surface area contributed by atoms with Crippen molar-refractivity contribution < 1.29 is 0 Å². The molecule has 4 rings (SSSR count). The van der Waals surface area contributed by atoms with Gasteiger partial charge < -0.3 is 9.88 Å². The molecule has 0 aliphatic carbocycles. The highest BCUT2D eigenvalue weighted by Gasteiger charge is 2.19. The molecule has 1 aromatic carbocycles. The summed E-state index contributed by atoms with van der Waals surface area (Å²) in [6, 6.07) is 11.4. The van der Waals surface area contributed by atoms with Gasteiger partial charge in [0.15, 0.2) is 0 Å². The second-order valence-electron chi connectivity index (χ2n) is 7.28. The van der Waals surface area contributed by atoms with E-state index in [1.54, 1.807) is 0 Å². The Balaban J connectivity index is 1.56. The third-order valence-corrected chi connectivity index (χ3v) is 5.39. The molecular weight excluding hydrogens is 308 g/mol. The van der Waals surface area contributed by atoms with Crippen LogP contribution in [0.25, 0.3) is 22.2 Å². The van der Waals surface area contributed by atoms with Crippen molar-refractivity contribution in [3.63, 3.8) is 0 Å². The van der Waals surface area contributed by atoms with Gasteiger partial charge in [0.2, 0.25) is 0 Å². The number of likely N-dealkylation sites (tertiary alicyclic amines) is 1. The number of nitrogens with zero attached hydrogens (tertiary/aromatic N) is 3. The molecule has 1 fully saturated rings. The molecule has 0 bridgehead atoms. The number of benzene rings is 1. The topological polar surface area (TPSA) is 44.8 Å². The summed E-state index contributed by atoms with van der Waals surface area (Å²) >= 11 is 0. The van der Waals surface area contributed by atoms with Crippen LogP contribution in [0.5, 0.6) is 0 Å². The predicted molar refractivity (Wildman–Crippen MR) is 103 cm³/mol. The van der Waals surface area contributed by atoms with E-state index in [9.17, 15) is 0 Å². The molecule has 3 heterocycles. The van der Waals surface area contributed by atoms with Gasteiger partial charge in [0.05, 0.1) is 11.0 Å². The van der Waals surface area contributed by atoms with Crippen LogP contribution in [0, 0.1) is 13.8 Å². The van der Waals surface area contributed by atoms with E-state index in [4.69, 9.17) is 4.98 Å². The van der Waals surface area contributed by atoms with Crippen molar-refractivity contribution in [2.45, 2.75) is 46.1 Å². The molecule has 4 nitrogen and oxygen atoms in total. The van der Waals surface area contributed by atoms with E-state index >= 15 is 0 Å². The Morgan fingerprint density at radius 1 is 1.16 bits per heavy atom. The summed E-state index contributed by atoms with van der Waals surface area (Å²) in [4.78, 5) is 15.5. The zero-order chi connectivity index (χ0) is 17.4. The molecule has 1 aliphatic rings. The lowest BCUT2D eigenvalue weighted by Gasteiger charge is -2.19. The third-order valence-electron chi connectivity index (χ3n) is 5.39. The van der Waals surface area contributed by atoms with E-state index in [1.807, 2.05) is 6.92 Å². The van der Waals surface area contributed by atoms with Crippen LogP contribution >= 0.6 is 0 Å². The summed E-state index contributed by atoms with van der Waals surface area (Å²) in [5.74, 6) is 1.09. The standard InChI is InChI=1S/C21H26N4/c1-14-6-8-18(16(3)22-14)17-7-9-19-20(13-17)24-21(23-19)10-12-25-11-4-5-15(25)2/h6-9,13,15H,4-5,10-12H2,1-3H3,(H,23,24)/t15-/m1/s1. The van der Waals surface area contributed by atoms with Gasteiger partial charge in [-0.15, -0.1) is 0 Å². The predicted octanol–water partition coefficient (Wildman–Crippen LogP) is 4.27. The molecule has 1 atom stereocenters.